The maximum Gasteiger partial charge on any atom is 0.308 e. The van der Waals surface area contributed by atoms with Crippen LogP contribution in [0.2, 0.25) is 0 Å². The first-order chi connectivity index (χ1) is 20.4. The van der Waals surface area contributed by atoms with Crippen molar-refractivity contribution in [2.75, 3.05) is 20.6 Å². The Morgan fingerprint density at radius 2 is 1.26 bits per heavy atom. The van der Waals surface area contributed by atoms with Crippen LogP contribution in [0.5, 0.6) is 5.75 Å². The summed E-state index contributed by atoms with van der Waals surface area (Å²) in [7, 11) is 4.50. The van der Waals surface area contributed by atoms with Crippen LogP contribution in [0, 0.1) is 0 Å². The molecule has 4 nitrogen and oxygen atoms in total. The molecule has 42 heavy (non-hydrogen) atoms. The van der Waals surface area contributed by atoms with Crippen molar-refractivity contribution >= 4 is 5.97 Å². The van der Waals surface area contributed by atoms with Crippen molar-refractivity contribution in [3.8, 4) is 5.75 Å². The normalized spacial score (nSPS) is 12.3. The van der Waals surface area contributed by atoms with E-state index in [1.54, 1.807) is 0 Å². The van der Waals surface area contributed by atoms with Crippen molar-refractivity contribution < 1.29 is 18.8 Å². The monoisotopic (exact) mass is 580 g/mol. The van der Waals surface area contributed by atoms with Crippen LogP contribution in [0.1, 0.15) is 134 Å². The van der Waals surface area contributed by atoms with E-state index in [9.17, 15) is 4.79 Å². The number of esters is 1. The van der Waals surface area contributed by atoms with Crippen LogP contribution >= 0.6 is 0 Å². The Hall–Kier alpha value is -2.33. The Morgan fingerprint density at radius 3 is 1.86 bits per heavy atom. The van der Waals surface area contributed by atoms with Crippen LogP contribution in [0.4, 0.5) is 0 Å². The number of carbonyl (C=O) groups excluding carboxylic acids is 1. The van der Waals surface area contributed by atoms with E-state index in [0.29, 0.717) is 12.8 Å². The van der Waals surface area contributed by atoms with Gasteiger partial charge in [0.05, 0.1) is 20.6 Å². The molecule has 236 valence electrons. The van der Waals surface area contributed by atoms with Crippen molar-refractivity contribution in [1.29, 1.82) is 0 Å². The van der Waals surface area contributed by atoms with E-state index >= 15 is 0 Å². The Labute approximate surface area is 258 Å². The van der Waals surface area contributed by atoms with Gasteiger partial charge in [-0.1, -0.05) is 127 Å². The predicted octanol–water partition coefficient (Wildman–Crippen LogP) is 10.4. The van der Waals surface area contributed by atoms with Crippen LogP contribution in [0.15, 0.2) is 54.6 Å². The van der Waals surface area contributed by atoms with E-state index in [1.807, 2.05) is 12.1 Å². The molecule has 0 aromatic heterocycles. The summed E-state index contributed by atoms with van der Waals surface area (Å²) in [5.41, 5.74) is 2.70. The molecule has 0 amide bonds. The number of benzene rings is 2. The van der Waals surface area contributed by atoms with Gasteiger partial charge in [-0.05, 0) is 49.8 Å². The van der Waals surface area contributed by atoms with Crippen LogP contribution < -0.4 is 4.74 Å². The van der Waals surface area contributed by atoms with Gasteiger partial charge in [0.1, 0.15) is 12.3 Å². The molecule has 0 radical (unpaired) electrons. The zero-order valence-electron chi connectivity index (χ0n) is 27.6. The summed E-state index contributed by atoms with van der Waals surface area (Å²) < 4.78 is 12.7. The van der Waals surface area contributed by atoms with Gasteiger partial charge in [0.2, 0.25) is 6.29 Å². The summed E-state index contributed by atoms with van der Waals surface area (Å²) in [6.45, 7) is 6.40. The van der Waals surface area contributed by atoms with Gasteiger partial charge in [-0.25, -0.2) is 0 Å². The number of unbranched alkanes of at least 4 members (excludes halogenated alkanes) is 12. The summed E-state index contributed by atoms with van der Waals surface area (Å²) in [6.07, 6.45) is 21.0. The van der Waals surface area contributed by atoms with E-state index < -0.39 is 6.29 Å². The summed E-state index contributed by atoms with van der Waals surface area (Å²) in [5.74, 6) is 0.616. The number of hydrogen-bond donors (Lipinski definition) is 0. The van der Waals surface area contributed by atoms with Gasteiger partial charge in [0, 0.05) is 18.4 Å². The van der Waals surface area contributed by atoms with Gasteiger partial charge in [-0.3, -0.25) is 4.79 Å². The number of carbonyl (C=O) groups is 1. The van der Waals surface area contributed by atoms with Crippen LogP contribution in [-0.4, -0.2) is 37.4 Å². The number of rotatable bonds is 25. The van der Waals surface area contributed by atoms with Gasteiger partial charge in [0.25, 0.3) is 0 Å². The van der Waals surface area contributed by atoms with Gasteiger partial charge in [-0.2, -0.15) is 0 Å². The van der Waals surface area contributed by atoms with Crippen molar-refractivity contribution in [2.24, 2.45) is 0 Å². The third kappa shape index (κ3) is 17.6. The number of hydrogen-bond acceptors (Lipinski definition) is 3. The van der Waals surface area contributed by atoms with Gasteiger partial charge < -0.3 is 14.0 Å². The highest BCUT2D eigenvalue weighted by molar-refractivity contribution is 5.69. The van der Waals surface area contributed by atoms with Gasteiger partial charge >= 0.3 is 5.97 Å². The molecule has 1 unspecified atom stereocenters. The van der Waals surface area contributed by atoms with Crippen molar-refractivity contribution in [3.63, 3.8) is 0 Å². The Morgan fingerprint density at radius 1 is 0.667 bits per heavy atom. The van der Waals surface area contributed by atoms with Crippen LogP contribution in [-0.2, 0) is 22.5 Å². The molecule has 0 fully saturated rings. The summed E-state index contributed by atoms with van der Waals surface area (Å²) in [4.78, 5) is 12.6. The molecule has 1 atom stereocenters. The molecule has 0 aliphatic carbocycles. The van der Waals surface area contributed by atoms with E-state index in [1.165, 1.54) is 88.2 Å². The molecule has 2 aromatic carbocycles. The minimum absolute atomic E-state index is 0.162. The number of ether oxygens (including phenoxy) is 2. The third-order valence-corrected chi connectivity index (χ3v) is 8.14. The minimum Gasteiger partial charge on any atom is -0.455 e. The fourth-order valence-electron chi connectivity index (χ4n) is 5.61. The van der Waals surface area contributed by atoms with Crippen molar-refractivity contribution in [3.05, 3.63) is 65.7 Å². The fraction of sp³-hybridized carbons (Fsp3) is 0.658. The highest BCUT2D eigenvalue weighted by Gasteiger charge is 2.18. The Balaban J connectivity index is 1.58. The Bertz CT molecular complexity index is 925. The second kappa shape index (κ2) is 22.2. The second-order valence-corrected chi connectivity index (χ2v) is 12.9. The SMILES string of the molecule is CCCCCCCCCCCCCCc1ccc(OC(CCC)OC(=O)CCCC[N+](C)(C)Cc2ccccc2)cc1. The molecule has 0 spiro atoms. The molecule has 2 aromatic rings. The average molecular weight is 581 g/mol. The molecule has 0 saturated heterocycles. The highest BCUT2D eigenvalue weighted by Crippen LogP contribution is 2.19. The van der Waals surface area contributed by atoms with E-state index in [4.69, 9.17) is 9.47 Å². The zero-order chi connectivity index (χ0) is 30.3. The van der Waals surface area contributed by atoms with E-state index in [-0.39, 0.29) is 5.97 Å². The number of nitrogens with zero attached hydrogens (tertiary/aromatic N) is 1. The van der Waals surface area contributed by atoms with Crippen molar-refractivity contribution in [1.82, 2.24) is 0 Å². The molecule has 0 N–H and O–H groups in total. The van der Waals surface area contributed by atoms with Crippen LogP contribution in [0.25, 0.3) is 0 Å². The second-order valence-electron chi connectivity index (χ2n) is 12.9. The minimum atomic E-state index is -0.519. The molecule has 2 rings (SSSR count). The maximum absolute atomic E-state index is 12.6. The molecular formula is C38H62NO3+. The van der Waals surface area contributed by atoms with Crippen molar-refractivity contribution in [2.45, 2.75) is 142 Å². The third-order valence-electron chi connectivity index (χ3n) is 8.14. The van der Waals surface area contributed by atoms with Crippen LogP contribution in [0.3, 0.4) is 0 Å². The maximum atomic E-state index is 12.6. The molecule has 0 aliphatic rings. The highest BCUT2D eigenvalue weighted by atomic mass is 16.7. The Kier molecular flexibility index (Phi) is 19.0. The first kappa shape index (κ1) is 35.9. The average Bonchev–Trinajstić information content (AvgIpc) is 2.97. The lowest BCUT2D eigenvalue weighted by molar-refractivity contribution is -0.903. The fourth-order valence-corrected chi connectivity index (χ4v) is 5.61. The smallest absolute Gasteiger partial charge is 0.308 e. The molecule has 0 heterocycles. The summed E-state index contributed by atoms with van der Waals surface area (Å²) in [6, 6.07) is 19.0. The molecule has 4 heteroatoms. The predicted molar refractivity (Wildman–Crippen MR) is 178 cm³/mol. The molecular weight excluding hydrogens is 518 g/mol. The van der Waals surface area contributed by atoms with Gasteiger partial charge in [-0.15, -0.1) is 0 Å². The molecule has 0 aliphatic heterocycles. The van der Waals surface area contributed by atoms with Gasteiger partial charge in [0.15, 0.2) is 0 Å². The first-order valence-electron chi connectivity index (χ1n) is 17.2. The lowest BCUT2D eigenvalue weighted by atomic mass is 10.0. The summed E-state index contributed by atoms with van der Waals surface area (Å²) >= 11 is 0. The zero-order valence-corrected chi connectivity index (χ0v) is 27.6. The number of aryl methyl sites for hydroxylation is 1. The first-order valence-corrected chi connectivity index (χ1v) is 17.2. The lowest BCUT2D eigenvalue weighted by Gasteiger charge is -2.30. The van der Waals surface area contributed by atoms with E-state index in [0.717, 1.165) is 49.0 Å². The molecule has 0 bridgehead atoms. The molecule has 0 saturated carbocycles. The lowest BCUT2D eigenvalue weighted by Crippen LogP contribution is -2.39. The topological polar surface area (TPSA) is 35.5 Å². The largest absolute Gasteiger partial charge is 0.455 e. The number of quaternary nitrogens is 1. The van der Waals surface area contributed by atoms with E-state index in [2.05, 4.69) is 70.4 Å². The quantitative estimate of drug-likeness (QED) is 0.0507. The standard InChI is InChI=1S/C38H62NO3/c1-5-7-8-9-10-11-12-13-14-15-16-18-24-34-28-30-36(31-29-34)41-38(23-6-2)42-37(40)27-21-22-32-39(3,4)33-35-25-19-17-20-26-35/h17,19-20,25-26,28-31,38H,5-16,18,21-24,27,32-33H2,1-4H3/q+1. The summed E-state index contributed by atoms with van der Waals surface area (Å²) in [5, 5.41) is 0.